The normalized spacial score (nSPS) is 16.4. The van der Waals surface area contributed by atoms with Crippen LogP contribution >= 0.6 is 23.4 Å². The molecule has 3 rings (SSSR count). The first-order chi connectivity index (χ1) is 15.1. The van der Waals surface area contributed by atoms with Crippen LogP contribution in [0.4, 0.5) is 18.9 Å². The number of nitrogens with one attached hydrogen (secondary N) is 2. The van der Waals surface area contributed by atoms with E-state index in [4.69, 9.17) is 11.6 Å². The molecule has 0 unspecified atom stereocenters. The molecule has 10 heteroatoms. The summed E-state index contributed by atoms with van der Waals surface area (Å²) in [5.41, 5.74) is 1.06. The van der Waals surface area contributed by atoms with E-state index < -0.39 is 28.6 Å². The number of amides is 2. The Labute approximate surface area is 191 Å². The van der Waals surface area contributed by atoms with Gasteiger partial charge < -0.3 is 10.6 Å². The molecule has 0 radical (unpaired) electrons. The average molecular weight is 480 g/mol. The molecule has 0 fully saturated rings. The van der Waals surface area contributed by atoms with Crippen LogP contribution in [0.2, 0.25) is 5.02 Å². The van der Waals surface area contributed by atoms with Gasteiger partial charge in [-0.1, -0.05) is 53.2 Å². The summed E-state index contributed by atoms with van der Waals surface area (Å²) < 4.78 is 39.0. The largest absolute Gasteiger partial charge is 0.417 e. The Morgan fingerprint density at radius 3 is 2.59 bits per heavy atom. The Morgan fingerprint density at radius 1 is 1.28 bits per heavy atom. The zero-order valence-electron chi connectivity index (χ0n) is 16.7. The van der Waals surface area contributed by atoms with Crippen LogP contribution in [0.25, 0.3) is 0 Å². The minimum absolute atomic E-state index is 0.0629. The Bertz CT molecular complexity index is 1120. The van der Waals surface area contributed by atoms with Gasteiger partial charge in [0.1, 0.15) is 0 Å². The summed E-state index contributed by atoms with van der Waals surface area (Å²) in [5, 5.41) is 14.5. The lowest BCUT2D eigenvalue weighted by Crippen LogP contribution is -2.31. The first-order valence-electron chi connectivity index (χ1n) is 9.38. The van der Waals surface area contributed by atoms with Gasteiger partial charge in [-0.15, -0.1) is 0 Å². The van der Waals surface area contributed by atoms with Crippen LogP contribution in [0.1, 0.15) is 29.0 Å². The number of carbonyl (C=O) groups is 2. The van der Waals surface area contributed by atoms with E-state index >= 15 is 0 Å². The number of benzene rings is 2. The summed E-state index contributed by atoms with van der Waals surface area (Å²) >= 11 is 6.53. The molecule has 0 spiro atoms. The fraction of sp³-hybridized carbons (Fsp3) is 0.227. The van der Waals surface area contributed by atoms with E-state index in [1.165, 1.54) is 6.07 Å². The number of thioether (sulfide) groups is 1. The number of nitrogens with zero attached hydrogens (tertiary/aromatic N) is 1. The molecule has 1 atom stereocenters. The minimum Gasteiger partial charge on any atom is -0.325 e. The van der Waals surface area contributed by atoms with Crippen molar-refractivity contribution in [2.45, 2.75) is 25.4 Å². The van der Waals surface area contributed by atoms with Crippen molar-refractivity contribution in [1.82, 2.24) is 5.32 Å². The minimum atomic E-state index is -4.66. The van der Waals surface area contributed by atoms with Crippen molar-refractivity contribution in [1.29, 1.82) is 5.26 Å². The highest BCUT2D eigenvalue weighted by molar-refractivity contribution is 8.03. The van der Waals surface area contributed by atoms with E-state index in [2.05, 4.69) is 16.7 Å². The summed E-state index contributed by atoms with van der Waals surface area (Å²) in [4.78, 5) is 24.5. The lowest BCUT2D eigenvalue weighted by Gasteiger charge is -2.25. The van der Waals surface area contributed by atoms with E-state index in [1.54, 1.807) is 0 Å². The molecule has 166 valence electrons. The van der Waals surface area contributed by atoms with Gasteiger partial charge in [-0.05, 0) is 30.7 Å². The fourth-order valence-electron chi connectivity index (χ4n) is 3.17. The monoisotopic (exact) mass is 479 g/mol. The molecule has 1 aliphatic rings. The number of aryl methyl sites for hydroxylation is 1. The maximum atomic E-state index is 13.0. The van der Waals surface area contributed by atoms with Crippen LogP contribution in [-0.2, 0) is 15.8 Å². The highest BCUT2D eigenvalue weighted by Crippen LogP contribution is 2.37. The van der Waals surface area contributed by atoms with Crippen molar-refractivity contribution in [2.75, 3.05) is 11.1 Å². The number of rotatable bonds is 5. The number of halogens is 4. The number of hydrogen-bond donors (Lipinski definition) is 2. The molecule has 2 aromatic rings. The van der Waals surface area contributed by atoms with Crippen LogP contribution in [-0.4, -0.2) is 17.6 Å². The van der Waals surface area contributed by atoms with Gasteiger partial charge in [0.05, 0.1) is 33.0 Å². The number of anilines is 1. The molecule has 0 aromatic heterocycles. The molecule has 0 aliphatic carbocycles. The quantitative estimate of drug-likeness (QED) is 0.603. The summed E-state index contributed by atoms with van der Waals surface area (Å²) in [6.45, 7) is 1.93. The molecule has 0 bridgehead atoms. The average Bonchev–Trinajstić information content (AvgIpc) is 2.73. The second kappa shape index (κ2) is 9.67. The molecular formula is C22H17ClF3N3O2S. The first kappa shape index (κ1) is 23.7. The second-order valence-corrected chi connectivity index (χ2v) is 8.49. The van der Waals surface area contributed by atoms with Gasteiger partial charge in [-0.3, -0.25) is 9.59 Å². The second-order valence-electron chi connectivity index (χ2n) is 7.10. The standard InChI is InChI=1S/C22H17ClF3N3O2S/c1-12-2-4-13(5-3-12)15-9-19(30)29-21(16(15)10-27)32-11-20(31)28-14-6-7-18(23)17(8-14)22(24,25)26/h2-8,15H,9,11H2,1H3,(H,28,31)(H,29,30)/t15-/m0/s1. The first-order valence-corrected chi connectivity index (χ1v) is 10.7. The van der Waals surface area contributed by atoms with Crippen molar-refractivity contribution >= 4 is 40.9 Å². The molecule has 2 amide bonds. The van der Waals surface area contributed by atoms with E-state index in [1.807, 2.05) is 31.2 Å². The molecule has 0 saturated carbocycles. The van der Waals surface area contributed by atoms with Gasteiger partial charge in [0.25, 0.3) is 0 Å². The number of allylic oxidation sites excluding steroid dienone is 1. The molecule has 1 aliphatic heterocycles. The van der Waals surface area contributed by atoms with Crippen molar-refractivity contribution in [3.05, 3.63) is 74.8 Å². The molecule has 5 nitrogen and oxygen atoms in total. The van der Waals surface area contributed by atoms with E-state index in [0.29, 0.717) is 5.57 Å². The number of hydrogen-bond acceptors (Lipinski definition) is 4. The SMILES string of the molecule is Cc1ccc([C@@H]2CC(=O)NC(SCC(=O)Nc3ccc(Cl)c(C(F)(F)F)c3)=C2C#N)cc1. The summed E-state index contributed by atoms with van der Waals surface area (Å²) in [6.07, 6.45) is -4.55. The third kappa shape index (κ3) is 5.64. The predicted molar refractivity (Wildman–Crippen MR) is 117 cm³/mol. The highest BCUT2D eigenvalue weighted by atomic mass is 35.5. The molecule has 2 N–H and O–H groups in total. The third-order valence-electron chi connectivity index (χ3n) is 4.74. The smallest absolute Gasteiger partial charge is 0.325 e. The lowest BCUT2D eigenvalue weighted by atomic mass is 9.87. The molecule has 32 heavy (non-hydrogen) atoms. The Morgan fingerprint density at radius 2 is 1.97 bits per heavy atom. The van der Waals surface area contributed by atoms with Crippen LogP contribution in [0.15, 0.2) is 53.1 Å². The maximum Gasteiger partial charge on any atom is 0.417 e. The summed E-state index contributed by atoms with van der Waals surface area (Å²) in [6, 6.07) is 12.7. The van der Waals surface area contributed by atoms with Crippen LogP contribution in [0.5, 0.6) is 0 Å². The lowest BCUT2D eigenvalue weighted by molar-refractivity contribution is -0.137. The number of carbonyl (C=O) groups excluding carboxylic acids is 2. The van der Waals surface area contributed by atoms with E-state index in [9.17, 15) is 28.0 Å². The van der Waals surface area contributed by atoms with Crippen molar-refractivity contribution in [3.8, 4) is 6.07 Å². The summed E-state index contributed by atoms with van der Waals surface area (Å²) in [7, 11) is 0. The molecular weight excluding hydrogens is 463 g/mol. The fourth-order valence-corrected chi connectivity index (χ4v) is 4.27. The van der Waals surface area contributed by atoms with Crippen LogP contribution < -0.4 is 10.6 Å². The van der Waals surface area contributed by atoms with Crippen LogP contribution in [0, 0.1) is 18.3 Å². The van der Waals surface area contributed by atoms with Gasteiger partial charge in [0, 0.05) is 18.0 Å². The van der Waals surface area contributed by atoms with Gasteiger partial charge in [0.15, 0.2) is 0 Å². The zero-order valence-corrected chi connectivity index (χ0v) is 18.3. The van der Waals surface area contributed by atoms with Crippen molar-refractivity contribution in [2.24, 2.45) is 0 Å². The predicted octanol–water partition coefficient (Wildman–Crippen LogP) is 5.38. The van der Waals surface area contributed by atoms with Gasteiger partial charge in [-0.25, -0.2) is 0 Å². The topological polar surface area (TPSA) is 82.0 Å². The third-order valence-corrected chi connectivity index (χ3v) is 6.09. The van der Waals surface area contributed by atoms with E-state index in [0.717, 1.165) is 35.0 Å². The van der Waals surface area contributed by atoms with Crippen molar-refractivity contribution in [3.63, 3.8) is 0 Å². The van der Waals surface area contributed by atoms with Gasteiger partial charge in [0.2, 0.25) is 11.8 Å². The molecule has 1 heterocycles. The van der Waals surface area contributed by atoms with Gasteiger partial charge >= 0.3 is 6.18 Å². The highest BCUT2D eigenvalue weighted by Gasteiger charge is 2.33. The Kier molecular flexibility index (Phi) is 7.16. The van der Waals surface area contributed by atoms with E-state index in [-0.39, 0.29) is 28.8 Å². The number of nitriles is 1. The number of alkyl halides is 3. The Balaban J connectivity index is 1.74. The van der Waals surface area contributed by atoms with Gasteiger partial charge in [-0.2, -0.15) is 18.4 Å². The summed E-state index contributed by atoms with van der Waals surface area (Å²) in [5.74, 6) is -1.54. The maximum absolute atomic E-state index is 13.0. The van der Waals surface area contributed by atoms with Crippen molar-refractivity contribution < 1.29 is 22.8 Å². The molecule has 0 saturated heterocycles. The Hall–Kier alpha value is -2.96. The van der Waals surface area contributed by atoms with Crippen LogP contribution in [0.3, 0.4) is 0 Å². The zero-order chi connectivity index (χ0) is 23.5. The molecule has 2 aromatic carbocycles.